The second-order valence-corrected chi connectivity index (χ2v) is 10.1. The number of ketones is 1. The topological polar surface area (TPSA) is 64.6 Å². The number of halogens is 1. The van der Waals surface area contributed by atoms with Crippen LogP contribution in [0.5, 0.6) is 5.75 Å². The van der Waals surface area contributed by atoms with E-state index in [0.29, 0.717) is 29.0 Å². The average Bonchev–Trinajstić information content (AvgIpc) is 3.36. The molecule has 1 N–H and O–H groups in total. The molecule has 1 saturated carbocycles. The molecule has 35 heavy (non-hydrogen) atoms. The van der Waals surface area contributed by atoms with E-state index in [1.807, 2.05) is 43.3 Å². The Morgan fingerprint density at radius 3 is 2.46 bits per heavy atom. The van der Waals surface area contributed by atoms with Crippen molar-refractivity contribution in [3.63, 3.8) is 0 Å². The third-order valence-corrected chi connectivity index (χ3v) is 7.66. The molecule has 1 heterocycles. The van der Waals surface area contributed by atoms with Gasteiger partial charge in [0, 0.05) is 40.2 Å². The molecule has 1 aliphatic heterocycles. The number of methoxy groups -OCH3 is 1. The zero-order chi connectivity index (χ0) is 24.5. The molecule has 2 atom stereocenters. The van der Waals surface area contributed by atoms with Crippen LogP contribution >= 0.6 is 11.6 Å². The first-order valence-corrected chi connectivity index (χ1v) is 12.7. The number of carbonyl (C=O) groups is 2. The third-order valence-electron chi connectivity index (χ3n) is 7.41. The van der Waals surface area contributed by atoms with Gasteiger partial charge in [0.2, 0.25) is 0 Å². The number of esters is 1. The molecule has 2 aromatic rings. The van der Waals surface area contributed by atoms with E-state index in [4.69, 9.17) is 21.1 Å². The lowest BCUT2D eigenvalue weighted by Gasteiger charge is -2.37. The molecule has 1 fully saturated rings. The Bertz CT molecular complexity index is 1210. The number of nitrogens with one attached hydrogen (secondary N) is 1. The SMILES string of the molecule is COc1ccccc1[C@H]1CC(=O)C2=C(C1)NC(C)=C(C(=O)OC1CCCC1)[C@@H]2c1ccc(Cl)cc1. The summed E-state index contributed by atoms with van der Waals surface area (Å²) in [7, 11) is 1.65. The molecule has 0 saturated heterocycles. The summed E-state index contributed by atoms with van der Waals surface area (Å²) in [5.74, 6) is -0.00655. The smallest absolute Gasteiger partial charge is 0.337 e. The van der Waals surface area contributed by atoms with E-state index < -0.39 is 5.92 Å². The van der Waals surface area contributed by atoms with Crippen LogP contribution in [0, 0.1) is 0 Å². The normalized spacial score (nSPS) is 22.7. The molecule has 182 valence electrons. The van der Waals surface area contributed by atoms with Crippen LogP contribution in [0.25, 0.3) is 0 Å². The molecule has 2 aliphatic carbocycles. The average molecular weight is 492 g/mol. The van der Waals surface area contributed by atoms with Gasteiger partial charge in [-0.25, -0.2) is 4.79 Å². The van der Waals surface area contributed by atoms with Gasteiger partial charge < -0.3 is 14.8 Å². The summed E-state index contributed by atoms with van der Waals surface area (Å²) in [5, 5.41) is 4.03. The highest BCUT2D eigenvalue weighted by atomic mass is 35.5. The van der Waals surface area contributed by atoms with E-state index >= 15 is 0 Å². The highest BCUT2D eigenvalue weighted by molar-refractivity contribution is 6.30. The maximum Gasteiger partial charge on any atom is 0.337 e. The lowest BCUT2D eigenvalue weighted by molar-refractivity contribution is -0.144. The van der Waals surface area contributed by atoms with Crippen molar-refractivity contribution >= 4 is 23.4 Å². The summed E-state index contributed by atoms with van der Waals surface area (Å²) in [5.41, 5.74) is 4.66. The Balaban J connectivity index is 1.54. The van der Waals surface area contributed by atoms with Gasteiger partial charge in [-0.1, -0.05) is 41.9 Å². The fourth-order valence-electron chi connectivity index (χ4n) is 5.74. The van der Waals surface area contributed by atoms with Crippen LogP contribution in [0.1, 0.15) is 68.4 Å². The zero-order valence-electron chi connectivity index (χ0n) is 20.1. The van der Waals surface area contributed by atoms with E-state index in [1.54, 1.807) is 19.2 Å². The summed E-state index contributed by atoms with van der Waals surface area (Å²) in [4.78, 5) is 27.2. The summed E-state index contributed by atoms with van der Waals surface area (Å²) in [6.45, 7) is 1.90. The van der Waals surface area contributed by atoms with Crippen LogP contribution in [0.15, 0.2) is 71.1 Å². The zero-order valence-corrected chi connectivity index (χ0v) is 20.9. The van der Waals surface area contributed by atoms with Crippen molar-refractivity contribution in [1.29, 1.82) is 0 Å². The molecular formula is C29H30ClNO4. The molecule has 0 aromatic heterocycles. The van der Waals surface area contributed by atoms with Gasteiger partial charge >= 0.3 is 5.97 Å². The number of hydrogen-bond acceptors (Lipinski definition) is 5. The molecule has 0 amide bonds. The van der Waals surface area contributed by atoms with Gasteiger partial charge in [0.15, 0.2) is 5.78 Å². The van der Waals surface area contributed by atoms with Gasteiger partial charge in [0.1, 0.15) is 11.9 Å². The molecule has 0 bridgehead atoms. The molecule has 0 radical (unpaired) electrons. The number of para-hydroxylation sites is 1. The van der Waals surface area contributed by atoms with Gasteiger partial charge in [-0.15, -0.1) is 0 Å². The number of hydrogen-bond donors (Lipinski definition) is 1. The Morgan fingerprint density at radius 1 is 1.03 bits per heavy atom. The highest BCUT2D eigenvalue weighted by Gasteiger charge is 2.42. The fraction of sp³-hybridized carbons (Fsp3) is 0.379. The van der Waals surface area contributed by atoms with Crippen molar-refractivity contribution in [3.8, 4) is 5.75 Å². The highest BCUT2D eigenvalue weighted by Crippen LogP contribution is 2.47. The van der Waals surface area contributed by atoms with Crippen molar-refractivity contribution in [1.82, 2.24) is 5.32 Å². The quantitative estimate of drug-likeness (QED) is 0.505. The number of benzene rings is 2. The van der Waals surface area contributed by atoms with Crippen molar-refractivity contribution < 1.29 is 19.1 Å². The predicted octanol–water partition coefficient (Wildman–Crippen LogP) is 6.20. The van der Waals surface area contributed by atoms with E-state index in [-0.39, 0.29) is 23.8 Å². The monoisotopic (exact) mass is 491 g/mol. The summed E-state index contributed by atoms with van der Waals surface area (Å²) in [6, 6.07) is 15.3. The van der Waals surface area contributed by atoms with Crippen LogP contribution in [0.4, 0.5) is 0 Å². The van der Waals surface area contributed by atoms with Crippen molar-refractivity contribution in [3.05, 3.63) is 87.2 Å². The molecule has 6 heteroatoms. The molecule has 0 unspecified atom stereocenters. The van der Waals surface area contributed by atoms with E-state index in [1.165, 1.54) is 0 Å². The summed E-state index contributed by atoms with van der Waals surface area (Å²) in [6.07, 6.45) is 4.90. The number of dihydropyridines is 1. The van der Waals surface area contributed by atoms with Crippen molar-refractivity contribution in [2.45, 2.75) is 63.4 Å². The Morgan fingerprint density at radius 2 is 1.74 bits per heavy atom. The Kier molecular flexibility index (Phi) is 6.70. The van der Waals surface area contributed by atoms with E-state index in [2.05, 4.69) is 5.32 Å². The standard InChI is InChI=1S/C29H30ClNO4/c1-17-26(29(33)35-21-7-3-4-8-21)27(18-11-13-20(30)14-12-18)28-23(31-17)15-19(16-24(28)32)22-9-5-6-10-25(22)34-2/h5-6,9-14,19,21,27,31H,3-4,7-8,15-16H2,1-2H3/t19-,27+/m1/s1. The van der Waals surface area contributed by atoms with Gasteiger partial charge in [-0.2, -0.15) is 0 Å². The molecule has 2 aromatic carbocycles. The first-order chi connectivity index (χ1) is 17.0. The first-order valence-electron chi connectivity index (χ1n) is 12.3. The van der Waals surface area contributed by atoms with Crippen LogP contribution in [0.3, 0.4) is 0 Å². The van der Waals surface area contributed by atoms with Gasteiger partial charge in [0.05, 0.1) is 12.7 Å². The van der Waals surface area contributed by atoms with Gasteiger partial charge in [-0.05, 0) is 68.4 Å². The number of carbonyl (C=O) groups excluding carboxylic acids is 2. The lowest BCUT2D eigenvalue weighted by atomic mass is 9.71. The first kappa shape index (κ1) is 23.7. The van der Waals surface area contributed by atoms with E-state index in [0.717, 1.165) is 54.0 Å². The van der Waals surface area contributed by atoms with Crippen LogP contribution in [-0.2, 0) is 14.3 Å². The lowest BCUT2D eigenvalue weighted by Crippen LogP contribution is -2.36. The van der Waals surface area contributed by atoms with Crippen molar-refractivity contribution in [2.75, 3.05) is 7.11 Å². The van der Waals surface area contributed by atoms with Crippen molar-refractivity contribution in [2.24, 2.45) is 0 Å². The van der Waals surface area contributed by atoms with Crippen LogP contribution in [0.2, 0.25) is 5.02 Å². The van der Waals surface area contributed by atoms with Crippen LogP contribution in [-0.4, -0.2) is 25.0 Å². The summed E-state index contributed by atoms with van der Waals surface area (Å²) >= 11 is 6.17. The second kappa shape index (κ2) is 9.90. The van der Waals surface area contributed by atoms with Gasteiger partial charge in [0.25, 0.3) is 0 Å². The molecule has 5 nitrogen and oxygen atoms in total. The van der Waals surface area contributed by atoms with Crippen LogP contribution < -0.4 is 10.1 Å². The molecule has 5 rings (SSSR count). The second-order valence-electron chi connectivity index (χ2n) is 9.62. The number of ether oxygens (including phenoxy) is 2. The number of Topliss-reactive ketones (excluding diaryl/α,β-unsaturated/α-hetero) is 1. The Labute approximate surface area is 211 Å². The van der Waals surface area contributed by atoms with E-state index in [9.17, 15) is 9.59 Å². The maximum absolute atomic E-state index is 13.7. The molecule has 0 spiro atoms. The third kappa shape index (κ3) is 4.62. The number of rotatable bonds is 5. The maximum atomic E-state index is 13.7. The minimum Gasteiger partial charge on any atom is -0.496 e. The number of allylic oxidation sites excluding steroid dienone is 3. The molecular weight excluding hydrogens is 462 g/mol. The fourth-order valence-corrected chi connectivity index (χ4v) is 5.87. The largest absolute Gasteiger partial charge is 0.496 e. The minimum atomic E-state index is -0.483. The molecule has 3 aliphatic rings. The Hall–Kier alpha value is -3.05. The predicted molar refractivity (Wildman–Crippen MR) is 135 cm³/mol. The summed E-state index contributed by atoms with van der Waals surface area (Å²) < 4.78 is 11.5. The van der Waals surface area contributed by atoms with Gasteiger partial charge in [-0.3, -0.25) is 4.79 Å². The minimum absolute atomic E-state index is 0.00411.